The fourth-order valence-electron chi connectivity index (χ4n) is 2.89. The number of hydrogen-bond acceptors (Lipinski definition) is 1. The summed E-state index contributed by atoms with van der Waals surface area (Å²) in [5.41, 5.74) is 2.52. The molecule has 1 atom stereocenters. The molecule has 102 valence electrons. The molecule has 0 N–H and O–H groups in total. The Morgan fingerprint density at radius 2 is 1.50 bits per heavy atom. The maximum atomic E-state index is 12.1. The molecule has 20 heavy (non-hydrogen) atoms. The molecule has 0 spiro atoms. The maximum absolute atomic E-state index is 12.1. The SMILES string of the molecule is O=C1CCC(Cc2ccccc2)N1Cc1ccccc1. The van der Waals surface area contributed by atoms with Gasteiger partial charge in [0.2, 0.25) is 5.91 Å². The van der Waals surface area contributed by atoms with Gasteiger partial charge in [0, 0.05) is 19.0 Å². The van der Waals surface area contributed by atoms with E-state index in [2.05, 4.69) is 36.4 Å². The van der Waals surface area contributed by atoms with Gasteiger partial charge in [-0.25, -0.2) is 0 Å². The zero-order valence-corrected chi connectivity index (χ0v) is 11.5. The quantitative estimate of drug-likeness (QED) is 0.829. The highest BCUT2D eigenvalue weighted by Gasteiger charge is 2.30. The Balaban J connectivity index is 1.72. The second-order valence-corrected chi connectivity index (χ2v) is 5.39. The van der Waals surface area contributed by atoms with Crippen LogP contribution in [0.1, 0.15) is 24.0 Å². The van der Waals surface area contributed by atoms with Gasteiger partial charge in [0.25, 0.3) is 0 Å². The van der Waals surface area contributed by atoms with Crippen molar-refractivity contribution in [1.29, 1.82) is 0 Å². The predicted octanol–water partition coefficient (Wildman–Crippen LogP) is 3.42. The molecular weight excluding hydrogens is 246 g/mol. The van der Waals surface area contributed by atoms with Crippen LogP contribution in [-0.2, 0) is 17.8 Å². The topological polar surface area (TPSA) is 20.3 Å². The number of likely N-dealkylation sites (tertiary alicyclic amines) is 1. The van der Waals surface area contributed by atoms with Gasteiger partial charge in [0.05, 0.1) is 0 Å². The normalized spacial score (nSPS) is 18.5. The number of rotatable bonds is 4. The van der Waals surface area contributed by atoms with Gasteiger partial charge in [0.1, 0.15) is 0 Å². The van der Waals surface area contributed by atoms with E-state index in [1.54, 1.807) is 0 Å². The lowest BCUT2D eigenvalue weighted by Crippen LogP contribution is -2.33. The Hall–Kier alpha value is -2.09. The summed E-state index contributed by atoms with van der Waals surface area (Å²) in [4.78, 5) is 14.1. The molecule has 0 aromatic heterocycles. The molecule has 3 rings (SSSR count). The van der Waals surface area contributed by atoms with Crippen LogP contribution in [0.3, 0.4) is 0 Å². The molecule has 2 aromatic rings. The van der Waals surface area contributed by atoms with Gasteiger partial charge in [-0.1, -0.05) is 60.7 Å². The van der Waals surface area contributed by atoms with Crippen molar-refractivity contribution >= 4 is 5.91 Å². The molecule has 2 heteroatoms. The molecule has 0 bridgehead atoms. The summed E-state index contributed by atoms with van der Waals surface area (Å²) >= 11 is 0. The summed E-state index contributed by atoms with van der Waals surface area (Å²) in [6.45, 7) is 0.733. The van der Waals surface area contributed by atoms with E-state index in [1.807, 2.05) is 29.2 Å². The second-order valence-electron chi connectivity index (χ2n) is 5.39. The lowest BCUT2D eigenvalue weighted by atomic mass is 10.0. The first-order valence-electron chi connectivity index (χ1n) is 7.20. The van der Waals surface area contributed by atoms with E-state index in [0.717, 1.165) is 19.4 Å². The molecule has 1 amide bonds. The standard InChI is InChI=1S/C18H19NO/c20-18-12-11-17(13-15-7-3-1-4-8-15)19(18)14-16-9-5-2-6-10-16/h1-10,17H,11-14H2. The lowest BCUT2D eigenvalue weighted by Gasteiger charge is -2.25. The van der Waals surface area contributed by atoms with E-state index in [4.69, 9.17) is 0 Å². The molecule has 2 nitrogen and oxygen atoms in total. The lowest BCUT2D eigenvalue weighted by molar-refractivity contribution is -0.129. The summed E-state index contributed by atoms with van der Waals surface area (Å²) in [6.07, 6.45) is 2.62. The molecule has 1 unspecified atom stereocenters. The highest BCUT2D eigenvalue weighted by Crippen LogP contribution is 2.24. The maximum Gasteiger partial charge on any atom is 0.223 e. The van der Waals surface area contributed by atoms with E-state index in [1.165, 1.54) is 11.1 Å². The molecule has 1 heterocycles. The molecule has 1 aliphatic heterocycles. The number of carbonyl (C=O) groups is 1. The first kappa shape index (κ1) is 12.9. The largest absolute Gasteiger partial charge is 0.335 e. The van der Waals surface area contributed by atoms with E-state index in [-0.39, 0.29) is 5.91 Å². The second kappa shape index (κ2) is 5.91. The summed E-state index contributed by atoms with van der Waals surface area (Å²) < 4.78 is 0. The van der Waals surface area contributed by atoms with Crippen LogP contribution in [0.15, 0.2) is 60.7 Å². The van der Waals surface area contributed by atoms with Crippen LogP contribution in [0, 0.1) is 0 Å². The van der Waals surface area contributed by atoms with Crippen LogP contribution in [0.2, 0.25) is 0 Å². The summed E-state index contributed by atoms with van der Waals surface area (Å²) in [5, 5.41) is 0. The van der Waals surface area contributed by atoms with Crippen LogP contribution >= 0.6 is 0 Å². The zero-order chi connectivity index (χ0) is 13.8. The highest BCUT2D eigenvalue weighted by atomic mass is 16.2. The monoisotopic (exact) mass is 265 g/mol. The summed E-state index contributed by atoms with van der Waals surface area (Å²) in [5.74, 6) is 0.287. The van der Waals surface area contributed by atoms with Gasteiger partial charge >= 0.3 is 0 Å². The Morgan fingerprint density at radius 1 is 0.900 bits per heavy atom. The molecular formula is C18H19NO. The zero-order valence-electron chi connectivity index (χ0n) is 11.5. The predicted molar refractivity (Wildman–Crippen MR) is 80.2 cm³/mol. The number of hydrogen-bond donors (Lipinski definition) is 0. The number of benzene rings is 2. The first-order chi connectivity index (χ1) is 9.83. The van der Waals surface area contributed by atoms with Crippen molar-refractivity contribution in [2.45, 2.75) is 31.8 Å². The van der Waals surface area contributed by atoms with E-state index >= 15 is 0 Å². The minimum Gasteiger partial charge on any atom is -0.335 e. The highest BCUT2D eigenvalue weighted by molar-refractivity contribution is 5.78. The van der Waals surface area contributed by atoms with Crippen LogP contribution in [-0.4, -0.2) is 16.8 Å². The van der Waals surface area contributed by atoms with Crippen LogP contribution in [0.25, 0.3) is 0 Å². The van der Waals surface area contributed by atoms with Gasteiger partial charge in [-0.3, -0.25) is 4.79 Å². The third-order valence-electron chi connectivity index (χ3n) is 3.96. The van der Waals surface area contributed by atoms with Crippen molar-refractivity contribution in [3.05, 3.63) is 71.8 Å². The van der Waals surface area contributed by atoms with Crippen molar-refractivity contribution in [3.8, 4) is 0 Å². The van der Waals surface area contributed by atoms with Gasteiger partial charge < -0.3 is 4.90 Å². The van der Waals surface area contributed by atoms with Crippen molar-refractivity contribution < 1.29 is 4.79 Å². The summed E-state index contributed by atoms with van der Waals surface area (Å²) in [7, 11) is 0. The van der Waals surface area contributed by atoms with Crippen molar-refractivity contribution in [2.75, 3.05) is 0 Å². The van der Waals surface area contributed by atoms with Crippen molar-refractivity contribution in [3.63, 3.8) is 0 Å². The van der Waals surface area contributed by atoms with Crippen LogP contribution in [0.5, 0.6) is 0 Å². The van der Waals surface area contributed by atoms with Gasteiger partial charge in [-0.05, 0) is 24.0 Å². The third-order valence-corrected chi connectivity index (χ3v) is 3.96. The van der Waals surface area contributed by atoms with Crippen LogP contribution < -0.4 is 0 Å². The van der Waals surface area contributed by atoms with Crippen LogP contribution in [0.4, 0.5) is 0 Å². The third kappa shape index (κ3) is 2.90. The average Bonchev–Trinajstić information content (AvgIpc) is 2.83. The molecule has 2 aromatic carbocycles. The molecule has 0 saturated carbocycles. The van der Waals surface area contributed by atoms with E-state index < -0.39 is 0 Å². The van der Waals surface area contributed by atoms with Crippen molar-refractivity contribution in [2.24, 2.45) is 0 Å². The fourth-order valence-corrected chi connectivity index (χ4v) is 2.89. The first-order valence-corrected chi connectivity index (χ1v) is 7.20. The molecule has 0 aliphatic carbocycles. The van der Waals surface area contributed by atoms with Gasteiger partial charge in [0.15, 0.2) is 0 Å². The Morgan fingerprint density at radius 3 is 2.15 bits per heavy atom. The molecule has 1 aliphatic rings. The minimum absolute atomic E-state index is 0.287. The smallest absolute Gasteiger partial charge is 0.223 e. The van der Waals surface area contributed by atoms with E-state index in [0.29, 0.717) is 12.5 Å². The Labute approximate surface area is 120 Å². The molecule has 1 saturated heterocycles. The minimum atomic E-state index is 0.287. The Kier molecular flexibility index (Phi) is 3.82. The summed E-state index contributed by atoms with van der Waals surface area (Å²) in [6, 6.07) is 21.0. The number of carbonyl (C=O) groups excluding carboxylic acids is 1. The van der Waals surface area contributed by atoms with E-state index in [9.17, 15) is 4.79 Å². The fraction of sp³-hybridized carbons (Fsp3) is 0.278. The van der Waals surface area contributed by atoms with Gasteiger partial charge in [-0.2, -0.15) is 0 Å². The molecule has 0 radical (unpaired) electrons. The molecule has 1 fully saturated rings. The average molecular weight is 265 g/mol. The van der Waals surface area contributed by atoms with Crippen molar-refractivity contribution in [1.82, 2.24) is 4.90 Å². The Bertz CT molecular complexity index is 564. The number of nitrogens with zero attached hydrogens (tertiary/aromatic N) is 1. The van der Waals surface area contributed by atoms with Gasteiger partial charge in [-0.15, -0.1) is 0 Å². The number of amides is 1.